The predicted molar refractivity (Wildman–Crippen MR) is 85.6 cm³/mol. The molecule has 0 saturated heterocycles. The van der Waals surface area contributed by atoms with Crippen LogP contribution < -0.4 is 10.5 Å². The average molecular weight is 315 g/mol. The van der Waals surface area contributed by atoms with E-state index in [1.807, 2.05) is 6.92 Å². The molecule has 6 heteroatoms. The van der Waals surface area contributed by atoms with Crippen LogP contribution in [-0.2, 0) is 0 Å². The molecule has 0 bridgehead atoms. The lowest BCUT2D eigenvalue weighted by Crippen LogP contribution is -2.10. The van der Waals surface area contributed by atoms with Gasteiger partial charge in [0.15, 0.2) is 0 Å². The molecular weight excluding hydrogens is 297 g/mol. The Morgan fingerprint density at radius 3 is 2.78 bits per heavy atom. The van der Waals surface area contributed by atoms with Gasteiger partial charge in [0, 0.05) is 11.9 Å². The maximum absolute atomic E-state index is 13.7. The minimum atomic E-state index is -0.506. The van der Waals surface area contributed by atoms with Crippen LogP contribution in [0.2, 0.25) is 0 Å². The van der Waals surface area contributed by atoms with Crippen LogP contribution in [0.25, 0.3) is 6.08 Å². The number of carbonyl (C=O) groups is 1. The molecule has 120 valence electrons. The number of aryl methyl sites for hydroxylation is 1. The summed E-state index contributed by atoms with van der Waals surface area (Å²) in [5, 5.41) is 0. The van der Waals surface area contributed by atoms with E-state index in [-0.39, 0.29) is 11.1 Å². The third kappa shape index (κ3) is 3.53. The summed E-state index contributed by atoms with van der Waals surface area (Å²) in [7, 11) is 1.44. The highest BCUT2D eigenvalue weighted by atomic mass is 19.1. The Morgan fingerprint density at radius 2 is 2.13 bits per heavy atom. The fraction of sp³-hybridized carbons (Fsp3) is 0.235. The summed E-state index contributed by atoms with van der Waals surface area (Å²) < 4.78 is 19.0. The fourth-order valence-corrected chi connectivity index (χ4v) is 2.22. The molecule has 0 aliphatic rings. The van der Waals surface area contributed by atoms with Crippen molar-refractivity contribution in [1.82, 2.24) is 9.97 Å². The molecule has 0 fully saturated rings. The van der Waals surface area contributed by atoms with Crippen LogP contribution in [0.5, 0.6) is 5.75 Å². The zero-order valence-electron chi connectivity index (χ0n) is 13.3. The number of ether oxygens (including phenoxy) is 1. The smallest absolute Gasteiger partial charge is 0.200 e. The Kier molecular flexibility index (Phi) is 5.05. The summed E-state index contributed by atoms with van der Waals surface area (Å²) in [5.41, 5.74) is 7.71. The molecule has 0 saturated carbocycles. The number of rotatable bonds is 5. The molecular formula is C17H18FN3O2. The lowest BCUT2D eigenvalue weighted by molar-refractivity contribution is 0.103. The number of carbonyl (C=O) groups excluding carboxylic acids is 1. The number of aromatic nitrogens is 2. The number of methoxy groups -OCH3 is 1. The van der Waals surface area contributed by atoms with E-state index in [1.54, 1.807) is 13.0 Å². The fourth-order valence-electron chi connectivity index (χ4n) is 2.22. The summed E-state index contributed by atoms with van der Waals surface area (Å²) in [6, 6.07) is 2.46. The van der Waals surface area contributed by atoms with Crippen molar-refractivity contribution in [2.45, 2.75) is 20.3 Å². The van der Waals surface area contributed by atoms with Gasteiger partial charge in [-0.15, -0.1) is 0 Å². The van der Waals surface area contributed by atoms with Gasteiger partial charge in [-0.25, -0.2) is 14.4 Å². The monoisotopic (exact) mass is 315 g/mol. The Bertz CT molecular complexity index is 772. The SMILES string of the molecule is CCC(N)=Cc1ncncc1C(=O)c1cc(F)cc(C)c1OC. The number of allylic oxidation sites excluding steroid dienone is 1. The van der Waals surface area contributed by atoms with Crippen molar-refractivity contribution in [2.24, 2.45) is 5.73 Å². The summed E-state index contributed by atoms with van der Waals surface area (Å²) in [4.78, 5) is 20.8. The first-order chi connectivity index (χ1) is 11.0. The zero-order chi connectivity index (χ0) is 17.0. The molecule has 0 spiro atoms. The second kappa shape index (κ2) is 7.00. The Balaban J connectivity index is 2.59. The van der Waals surface area contributed by atoms with Gasteiger partial charge in [-0.2, -0.15) is 0 Å². The number of nitrogens with zero attached hydrogens (tertiary/aromatic N) is 2. The van der Waals surface area contributed by atoms with Gasteiger partial charge in [-0.05, 0) is 37.1 Å². The molecule has 0 aliphatic carbocycles. The maximum Gasteiger partial charge on any atom is 0.200 e. The van der Waals surface area contributed by atoms with Crippen molar-refractivity contribution >= 4 is 11.9 Å². The highest BCUT2D eigenvalue weighted by molar-refractivity contribution is 6.12. The molecule has 5 nitrogen and oxygen atoms in total. The first-order valence-electron chi connectivity index (χ1n) is 7.12. The Morgan fingerprint density at radius 1 is 1.39 bits per heavy atom. The molecule has 2 rings (SSSR count). The van der Waals surface area contributed by atoms with E-state index in [0.29, 0.717) is 29.1 Å². The van der Waals surface area contributed by atoms with Crippen molar-refractivity contribution in [1.29, 1.82) is 0 Å². The van der Waals surface area contributed by atoms with Gasteiger partial charge in [-0.3, -0.25) is 4.79 Å². The predicted octanol–water partition coefficient (Wildman–Crippen LogP) is 2.87. The number of hydrogen-bond acceptors (Lipinski definition) is 5. The summed E-state index contributed by atoms with van der Waals surface area (Å²) in [6.45, 7) is 3.57. The minimum absolute atomic E-state index is 0.129. The van der Waals surface area contributed by atoms with Crippen LogP contribution in [0.1, 0.15) is 40.5 Å². The van der Waals surface area contributed by atoms with Gasteiger partial charge in [0.1, 0.15) is 17.9 Å². The van der Waals surface area contributed by atoms with Crippen LogP contribution in [0.4, 0.5) is 4.39 Å². The number of halogens is 1. The van der Waals surface area contributed by atoms with E-state index in [0.717, 1.165) is 6.07 Å². The standard InChI is InChI=1S/C17H18FN3O2/c1-4-12(19)7-15-14(8-20-9-21-15)16(22)13-6-11(18)5-10(2)17(13)23-3/h5-9H,4,19H2,1-3H3. The number of nitrogens with two attached hydrogens (primary N) is 1. The largest absolute Gasteiger partial charge is 0.496 e. The molecule has 23 heavy (non-hydrogen) atoms. The lowest BCUT2D eigenvalue weighted by atomic mass is 9.99. The summed E-state index contributed by atoms with van der Waals surface area (Å²) in [6.07, 6.45) is 4.97. The van der Waals surface area contributed by atoms with E-state index in [1.165, 1.54) is 25.7 Å². The van der Waals surface area contributed by atoms with Crippen molar-refractivity contribution in [3.63, 3.8) is 0 Å². The van der Waals surface area contributed by atoms with Gasteiger partial charge in [0.25, 0.3) is 0 Å². The first kappa shape index (κ1) is 16.6. The molecule has 1 aromatic heterocycles. The molecule has 0 aliphatic heterocycles. The van der Waals surface area contributed by atoms with Crippen LogP contribution in [0.3, 0.4) is 0 Å². The summed E-state index contributed by atoms with van der Waals surface area (Å²) >= 11 is 0. The van der Waals surface area contributed by atoms with Gasteiger partial charge in [-0.1, -0.05) is 6.92 Å². The topological polar surface area (TPSA) is 78.1 Å². The van der Waals surface area contributed by atoms with Crippen molar-refractivity contribution < 1.29 is 13.9 Å². The normalized spacial score (nSPS) is 11.4. The van der Waals surface area contributed by atoms with E-state index in [2.05, 4.69) is 9.97 Å². The molecule has 0 radical (unpaired) electrons. The second-order valence-corrected chi connectivity index (χ2v) is 5.03. The molecule has 1 aromatic carbocycles. The van der Waals surface area contributed by atoms with E-state index >= 15 is 0 Å². The average Bonchev–Trinajstić information content (AvgIpc) is 2.54. The molecule has 1 heterocycles. The number of ketones is 1. The minimum Gasteiger partial charge on any atom is -0.496 e. The Hall–Kier alpha value is -2.76. The first-order valence-corrected chi connectivity index (χ1v) is 7.12. The zero-order valence-corrected chi connectivity index (χ0v) is 13.3. The van der Waals surface area contributed by atoms with E-state index < -0.39 is 11.6 Å². The third-order valence-electron chi connectivity index (χ3n) is 3.41. The lowest BCUT2D eigenvalue weighted by Gasteiger charge is -2.12. The van der Waals surface area contributed by atoms with Crippen LogP contribution in [0, 0.1) is 12.7 Å². The highest BCUT2D eigenvalue weighted by Crippen LogP contribution is 2.27. The van der Waals surface area contributed by atoms with Crippen LogP contribution >= 0.6 is 0 Å². The van der Waals surface area contributed by atoms with Crippen LogP contribution in [-0.4, -0.2) is 22.9 Å². The molecule has 0 atom stereocenters. The maximum atomic E-state index is 13.7. The number of hydrogen-bond donors (Lipinski definition) is 1. The molecule has 0 amide bonds. The van der Waals surface area contributed by atoms with Gasteiger partial charge < -0.3 is 10.5 Å². The second-order valence-electron chi connectivity index (χ2n) is 5.03. The van der Waals surface area contributed by atoms with Crippen molar-refractivity contribution in [2.75, 3.05) is 7.11 Å². The molecule has 2 N–H and O–H groups in total. The summed E-state index contributed by atoms with van der Waals surface area (Å²) in [5.74, 6) is -0.590. The number of benzene rings is 1. The molecule has 0 unspecified atom stereocenters. The molecule has 2 aromatic rings. The van der Waals surface area contributed by atoms with E-state index in [4.69, 9.17) is 10.5 Å². The van der Waals surface area contributed by atoms with Gasteiger partial charge in [0.2, 0.25) is 5.78 Å². The van der Waals surface area contributed by atoms with E-state index in [9.17, 15) is 9.18 Å². The van der Waals surface area contributed by atoms with Crippen LogP contribution in [0.15, 0.2) is 30.4 Å². The Labute approximate surface area is 134 Å². The third-order valence-corrected chi connectivity index (χ3v) is 3.41. The van der Waals surface area contributed by atoms with Crippen molar-refractivity contribution in [3.8, 4) is 5.75 Å². The quantitative estimate of drug-likeness (QED) is 0.858. The van der Waals surface area contributed by atoms with Crippen molar-refractivity contribution in [3.05, 3.63) is 58.6 Å². The highest BCUT2D eigenvalue weighted by Gasteiger charge is 2.20. The van der Waals surface area contributed by atoms with Gasteiger partial charge >= 0.3 is 0 Å². The van der Waals surface area contributed by atoms with Gasteiger partial charge in [0.05, 0.1) is 23.9 Å².